The van der Waals surface area contributed by atoms with Gasteiger partial charge in [-0.15, -0.1) is 0 Å². The first-order valence-corrected chi connectivity index (χ1v) is 6.12. The molecule has 0 radical (unpaired) electrons. The van der Waals surface area contributed by atoms with Crippen molar-refractivity contribution in [2.45, 2.75) is 26.5 Å². The summed E-state index contributed by atoms with van der Waals surface area (Å²) in [6.07, 6.45) is -0.0837. The van der Waals surface area contributed by atoms with Gasteiger partial charge in [0.05, 0.1) is 7.11 Å². The van der Waals surface area contributed by atoms with E-state index in [1.807, 2.05) is 0 Å². The van der Waals surface area contributed by atoms with Gasteiger partial charge in [0, 0.05) is 13.3 Å². The second-order valence-electron chi connectivity index (χ2n) is 4.34. The Morgan fingerprint density at radius 1 is 1.40 bits per heavy atom. The maximum atomic E-state index is 11.5. The van der Waals surface area contributed by atoms with Gasteiger partial charge in [0.15, 0.2) is 17.7 Å². The summed E-state index contributed by atoms with van der Waals surface area (Å²) in [5.74, 6) is -0.0556. The Kier molecular flexibility index (Phi) is 4.02. The number of benzene rings is 1. The maximum Gasteiger partial charge on any atom is 0.354 e. The SMILES string of the molecule is COc1cc(CC2=NC(C)OC2=O)ccc1OC(C)=O. The first-order valence-electron chi connectivity index (χ1n) is 6.12. The van der Waals surface area contributed by atoms with Crippen LogP contribution in [0.4, 0.5) is 0 Å². The number of aliphatic imine (C=N–C) groups is 1. The maximum absolute atomic E-state index is 11.5. The molecule has 0 aromatic heterocycles. The average molecular weight is 277 g/mol. The molecule has 1 aromatic carbocycles. The molecular weight excluding hydrogens is 262 g/mol. The lowest BCUT2D eigenvalue weighted by atomic mass is 10.1. The van der Waals surface area contributed by atoms with Crippen LogP contribution in [-0.4, -0.2) is 31.0 Å². The van der Waals surface area contributed by atoms with Crippen LogP contribution < -0.4 is 9.47 Å². The number of hydrogen-bond donors (Lipinski definition) is 0. The molecule has 2 rings (SSSR count). The normalized spacial score (nSPS) is 17.4. The molecular formula is C14H15NO5. The summed E-state index contributed by atoms with van der Waals surface area (Å²) in [6, 6.07) is 5.08. The van der Waals surface area contributed by atoms with Crippen LogP contribution in [0.1, 0.15) is 19.4 Å². The molecule has 6 nitrogen and oxygen atoms in total. The molecule has 1 atom stereocenters. The number of carbonyl (C=O) groups excluding carboxylic acids is 2. The Labute approximate surface area is 116 Å². The van der Waals surface area contributed by atoms with Crippen LogP contribution in [-0.2, 0) is 20.7 Å². The molecule has 20 heavy (non-hydrogen) atoms. The highest BCUT2D eigenvalue weighted by atomic mass is 16.6. The second-order valence-corrected chi connectivity index (χ2v) is 4.34. The fourth-order valence-electron chi connectivity index (χ4n) is 1.89. The van der Waals surface area contributed by atoms with Gasteiger partial charge in [0.2, 0.25) is 0 Å². The number of methoxy groups -OCH3 is 1. The Morgan fingerprint density at radius 3 is 2.70 bits per heavy atom. The number of rotatable bonds is 4. The minimum Gasteiger partial charge on any atom is -0.493 e. The van der Waals surface area contributed by atoms with E-state index in [2.05, 4.69) is 4.99 Å². The summed E-state index contributed by atoms with van der Waals surface area (Å²) in [4.78, 5) is 26.6. The number of cyclic esters (lactones) is 1. The Bertz CT molecular complexity index is 579. The molecule has 0 aliphatic carbocycles. The minimum atomic E-state index is -0.431. The fourth-order valence-corrected chi connectivity index (χ4v) is 1.89. The van der Waals surface area contributed by atoms with Crippen LogP contribution >= 0.6 is 0 Å². The van der Waals surface area contributed by atoms with Gasteiger partial charge < -0.3 is 14.2 Å². The van der Waals surface area contributed by atoms with Crippen molar-refractivity contribution in [3.8, 4) is 11.5 Å². The molecule has 6 heteroatoms. The highest BCUT2D eigenvalue weighted by Gasteiger charge is 2.24. The van der Waals surface area contributed by atoms with E-state index in [9.17, 15) is 9.59 Å². The van der Waals surface area contributed by atoms with Crippen LogP contribution in [0.15, 0.2) is 23.2 Å². The van der Waals surface area contributed by atoms with Crippen LogP contribution in [0.3, 0.4) is 0 Å². The van der Waals surface area contributed by atoms with Gasteiger partial charge in [-0.1, -0.05) is 6.07 Å². The van der Waals surface area contributed by atoms with Crippen molar-refractivity contribution in [3.05, 3.63) is 23.8 Å². The van der Waals surface area contributed by atoms with Crippen molar-refractivity contribution in [2.24, 2.45) is 4.99 Å². The molecule has 0 spiro atoms. The largest absolute Gasteiger partial charge is 0.493 e. The molecule has 0 amide bonds. The lowest BCUT2D eigenvalue weighted by Crippen LogP contribution is -2.13. The lowest BCUT2D eigenvalue weighted by molar-refractivity contribution is -0.137. The van der Waals surface area contributed by atoms with E-state index in [-0.39, 0.29) is 0 Å². The predicted octanol–water partition coefficient (Wildman–Crippen LogP) is 1.51. The smallest absolute Gasteiger partial charge is 0.354 e. The van der Waals surface area contributed by atoms with Gasteiger partial charge in [-0.25, -0.2) is 9.79 Å². The number of carbonyl (C=O) groups is 2. The molecule has 1 heterocycles. The van der Waals surface area contributed by atoms with Crippen LogP contribution in [0, 0.1) is 0 Å². The molecule has 0 N–H and O–H groups in total. The van der Waals surface area contributed by atoms with Crippen LogP contribution in [0.25, 0.3) is 0 Å². The van der Waals surface area contributed by atoms with Gasteiger partial charge in [-0.05, 0) is 24.6 Å². The third-order valence-electron chi connectivity index (χ3n) is 2.70. The van der Waals surface area contributed by atoms with E-state index in [1.165, 1.54) is 14.0 Å². The zero-order chi connectivity index (χ0) is 14.7. The predicted molar refractivity (Wildman–Crippen MR) is 71.0 cm³/mol. The lowest BCUT2D eigenvalue weighted by Gasteiger charge is -2.09. The molecule has 1 aromatic rings. The molecule has 0 bridgehead atoms. The van der Waals surface area contributed by atoms with Gasteiger partial charge in [-0.2, -0.15) is 0 Å². The Hall–Kier alpha value is -2.37. The van der Waals surface area contributed by atoms with Crippen molar-refractivity contribution < 1.29 is 23.8 Å². The third-order valence-corrected chi connectivity index (χ3v) is 2.70. The monoisotopic (exact) mass is 277 g/mol. The summed E-state index contributed by atoms with van der Waals surface area (Å²) in [6.45, 7) is 3.02. The van der Waals surface area contributed by atoms with E-state index in [0.717, 1.165) is 5.56 Å². The average Bonchev–Trinajstić information content (AvgIpc) is 2.69. The zero-order valence-corrected chi connectivity index (χ0v) is 11.5. The molecule has 0 saturated heterocycles. The number of ether oxygens (including phenoxy) is 3. The topological polar surface area (TPSA) is 74.2 Å². The van der Waals surface area contributed by atoms with E-state index >= 15 is 0 Å². The molecule has 0 fully saturated rings. The summed E-state index contributed by atoms with van der Waals surface area (Å²) < 4.78 is 15.1. The molecule has 1 aliphatic rings. The third kappa shape index (κ3) is 3.14. The van der Waals surface area contributed by atoms with Gasteiger partial charge >= 0.3 is 11.9 Å². The van der Waals surface area contributed by atoms with E-state index in [0.29, 0.717) is 23.6 Å². The summed E-state index contributed by atoms with van der Waals surface area (Å²) in [5, 5.41) is 0. The zero-order valence-electron chi connectivity index (χ0n) is 11.5. The van der Waals surface area contributed by atoms with Crippen LogP contribution in [0.2, 0.25) is 0 Å². The Balaban J connectivity index is 2.19. The summed E-state index contributed by atoms with van der Waals surface area (Å²) >= 11 is 0. The second kappa shape index (κ2) is 5.73. The summed E-state index contributed by atoms with van der Waals surface area (Å²) in [5.41, 5.74) is 1.20. The molecule has 106 valence electrons. The number of hydrogen-bond acceptors (Lipinski definition) is 6. The van der Waals surface area contributed by atoms with Gasteiger partial charge in [-0.3, -0.25) is 4.79 Å². The first kappa shape index (κ1) is 14.0. The van der Waals surface area contributed by atoms with Gasteiger partial charge in [0.1, 0.15) is 5.71 Å². The number of esters is 2. The van der Waals surface area contributed by atoms with Crippen molar-refractivity contribution in [2.75, 3.05) is 7.11 Å². The van der Waals surface area contributed by atoms with Crippen molar-refractivity contribution in [1.29, 1.82) is 0 Å². The molecule has 0 saturated carbocycles. The van der Waals surface area contributed by atoms with Crippen molar-refractivity contribution >= 4 is 17.7 Å². The highest BCUT2D eigenvalue weighted by Crippen LogP contribution is 2.28. The standard InChI is InChI=1S/C14H15NO5/c1-8-15-11(14(17)19-8)6-10-4-5-12(20-9(2)16)13(7-10)18-3/h4-5,7-8H,6H2,1-3H3. The fraction of sp³-hybridized carbons (Fsp3) is 0.357. The van der Waals surface area contributed by atoms with Gasteiger partial charge in [0.25, 0.3) is 0 Å². The quantitative estimate of drug-likeness (QED) is 0.616. The van der Waals surface area contributed by atoms with E-state index in [1.54, 1.807) is 25.1 Å². The molecule has 1 aliphatic heterocycles. The van der Waals surface area contributed by atoms with Crippen molar-refractivity contribution in [3.63, 3.8) is 0 Å². The molecule has 1 unspecified atom stereocenters. The first-order chi connectivity index (χ1) is 9.49. The van der Waals surface area contributed by atoms with E-state index in [4.69, 9.17) is 14.2 Å². The number of nitrogens with zero attached hydrogens (tertiary/aromatic N) is 1. The Morgan fingerprint density at radius 2 is 2.15 bits per heavy atom. The van der Waals surface area contributed by atoms with Crippen LogP contribution in [0.5, 0.6) is 11.5 Å². The van der Waals surface area contributed by atoms with Crippen molar-refractivity contribution in [1.82, 2.24) is 0 Å². The van der Waals surface area contributed by atoms with E-state index < -0.39 is 18.2 Å². The minimum absolute atomic E-state index is 0.341. The summed E-state index contributed by atoms with van der Waals surface area (Å²) in [7, 11) is 1.48. The highest BCUT2D eigenvalue weighted by molar-refractivity contribution is 6.38.